The molecular formula is C14H21Cl2F3N2O2. The Kier molecular flexibility index (Phi) is 9.68. The summed E-state index contributed by atoms with van der Waals surface area (Å²) in [6.45, 7) is 2.11. The highest BCUT2D eigenvalue weighted by atomic mass is 35.5. The molecule has 1 saturated heterocycles. The summed E-state index contributed by atoms with van der Waals surface area (Å²) in [5, 5.41) is 3.09. The zero-order valence-corrected chi connectivity index (χ0v) is 14.5. The standard InChI is InChI=1S/C14H19F3N2O2.2ClH/c1-20-11-7-9(10(15)8-12(11)21-2)13(14(16)17)19-5-3-18-4-6-19;;/h7-8,13-14,18H,3-6H2,1-2H3;2*1H/t13-;;/m0../s1. The average Bonchev–Trinajstić information content (AvgIpc) is 2.49. The highest BCUT2D eigenvalue weighted by Gasteiger charge is 2.33. The molecule has 1 fully saturated rings. The van der Waals surface area contributed by atoms with Gasteiger partial charge in [-0.1, -0.05) is 0 Å². The van der Waals surface area contributed by atoms with Crippen LogP contribution in [0.25, 0.3) is 0 Å². The lowest BCUT2D eigenvalue weighted by Gasteiger charge is -2.35. The number of piperazine rings is 1. The van der Waals surface area contributed by atoms with Gasteiger partial charge in [-0.05, 0) is 6.07 Å². The number of alkyl halides is 2. The number of methoxy groups -OCH3 is 2. The van der Waals surface area contributed by atoms with Gasteiger partial charge in [0.15, 0.2) is 11.5 Å². The van der Waals surface area contributed by atoms with Crippen molar-refractivity contribution in [1.29, 1.82) is 0 Å². The average molecular weight is 377 g/mol. The predicted molar refractivity (Wildman–Crippen MR) is 87.2 cm³/mol. The SMILES string of the molecule is COc1cc(F)c([C@@H](C(F)F)N2CCNCC2)cc1OC.Cl.Cl. The molecule has 0 spiro atoms. The van der Waals surface area contributed by atoms with E-state index in [1.165, 1.54) is 20.3 Å². The van der Waals surface area contributed by atoms with Crippen LogP contribution < -0.4 is 14.8 Å². The second kappa shape index (κ2) is 10.1. The third kappa shape index (κ3) is 5.04. The fraction of sp³-hybridized carbons (Fsp3) is 0.571. The molecule has 1 heterocycles. The van der Waals surface area contributed by atoms with E-state index >= 15 is 0 Å². The Bertz CT molecular complexity index is 489. The third-order valence-electron chi connectivity index (χ3n) is 3.61. The normalized spacial score (nSPS) is 16.3. The molecule has 0 bridgehead atoms. The number of halogens is 5. The maximum Gasteiger partial charge on any atom is 0.258 e. The van der Waals surface area contributed by atoms with E-state index in [9.17, 15) is 13.2 Å². The van der Waals surface area contributed by atoms with Gasteiger partial charge in [0.2, 0.25) is 0 Å². The van der Waals surface area contributed by atoms with Crippen molar-refractivity contribution in [3.8, 4) is 11.5 Å². The molecule has 0 radical (unpaired) electrons. The van der Waals surface area contributed by atoms with E-state index in [0.717, 1.165) is 6.07 Å². The van der Waals surface area contributed by atoms with Crippen LogP contribution in [0.15, 0.2) is 12.1 Å². The topological polar surface area (TPSA) is 33.7 Å². The maximum absolute atomic E-state index is 14.2. The number of ether oxygens (including phenoxy) is 2. The van der Waals surface area contributed by atoms with E-state index in [1.54, 1.807) is 4.90 Å². The Labute approximate surface area is 146 Å². The summed E-state index contributed by atoms with van der Waals surface area (Å²) in [7, 11) is 2.76. The Hall–Kier alpha value is -0.890. The van der Waals surface area contributed by atoms with Crippen molar-refractivity contribution in [3.05, 3.63) is 23.5 Å². The number of hydrogen-bond donors (Lipinski definition) is 1. The van der Waals surface area contributed by atoms with Crippen molar-refractivity contribution >= 4 is 24.8 Å². The molecule has 1 aromatic carbocycles. The van der Waals surface area contributed by atoms with Gasteiger partial charge in [0.25, 0.3) is 6.43 Å². The lowest BCUT2D eigenvalue weighted by atomic mass is 10.0. The second-order valence-corrected chi connectivity index (χ2v) is 4.79. The first kappa shape index (κ1) is 22.1. The molecule has 134 valence electrons. The fourth-order valence-corrected chi connectivity index (χ4v) is 2.55. The summed E-state index contributed by atoms with van der Waals surface area (Å²) in [5.74, 6) is -0.279. The van der Waals surface area contributed by atoms with E-state index < -0.39 is 18.3 Å². The molecule has 2 rings (SSSR count). The van der Waals surface area contributed by atoms with E-state index in [0.29, 0.717) is 26.2 Å². The molecule has 4 nitrogen and oxygen atoms in total. The molecule has 9 heteroatoms. The summed E-state index contributed by atoms with van der Waals surface area (Å²) in [6.07, 6.45) is -2.68. The van der Waals surface area contributed by atoms with Gasteiger partial charge >= 0.3 is 0 Å². The molecule has 23 heavy (non-hydrogen) atoms. The van der Waals surface area contributed by atoms with Gasteiger partial charge in [-0.15, -0.1) is 24.8 Å². The van der Waals surface area contributed by atoms with Crippen LogP contribution in [0.2, 0.25) is 0 Å². The minimum absolute atomic E-state index is 0. The molecule has 0 saturated carbocycles. The van der Waals surface area contributed by atoms with Crippen molar-refractivity contribution < 1.29 is 22.6 Å². The summed E-state index contributed by atoms with van der Waals surface area (Å²) in [6, 6.07) is 1.10. The summed E-state index contributed by atoms with van der Waals surface area (Å²) in [4.78, 5) is 1.59. The zero-order valence-electron chi connectivity index (χ0n) is 12.9. The monoisotopic (exact) mass is 376 g/mol. The first-order valence-electron chi connectivity index (χ1n) is 6.72. The largest absolute Gasteiger partial charge is 0.493 e. The van der Waals surface area contributed by atoms with Crippen molar-refractivity contribution in [3.63, 3.8) is 0 Å². The van der Waals surface area contributed by atoms with Crippen LogP contribution >= 0.6 is 24.8 Å². The van der Waals surface area contributed by atoms with Gasteiger partial charge in [-0.25, -0.2) is 13.2 Å². The van der Waals surface area contributed by atoms with Crippen LogP contribution in [-0.2, 0) is 0 Å². The van der Waals surface area contributed by atoms with Crippen molar-refractivity contribution in [2.45, 2.75) is 12.5 Å². The minimum atomic E-state index is -2.68. The number of rotatable bonds is 5. The quantitative estimate of drug-likeness (QED) is 0.856. The Morgan fingerprint density at radius 2 is 1.57 bits per heavy atom. The molecule has 0 aromatic heterocycles. The van der Waals surface area contributed by atoms with E-state index in [4.69, 9.17) is 9.47 Å². The van der Waals surface area contributed by atoms with Gasteiger partial charge in [0, 0.05) is 37.8 Å². The van der Waals surface area contributed by atoms with Gasteiger partial charge in [-0.3, -0.25) is 4.90 Å². The zero-order chi connectivity index (χ0) is 15.4. The molecule has 0 aliphatic carbocycles. The van der Waals surface area contributed by atoms with E-state index in [-0.39, 0.29) is 41.9 Å². The molecule has 0 amide bonds. The Morgan fingerprint density at radius 1 is 1.04 bits per heavy atom. The second-order valence-electron chi connectivity index (χ2n) is 4.79. The predicted octanol–water partition coefficient (Wildman–Crippen LogP) is 2.90. The fourth-order valence-electron chi connectivity index (χ4n) is 2.55. The van der Waals surface area contributed by atoms with E-state index in [2.05, 4.69) is 5.32 Å². The molecule has 0 unspecified atom stereocenters. The highest BCUT2D eigenvalue weighted by Crippen LogP contribution is 2.36. The maximum atomic E-state index is 14.2. The Balaban J connectivity index is 0.00000242. The van der Waals surface area contributed by atoms with Crippen LogP contribution in [0.4, 0.5) is 13.2 Å². The van der Waals surface area contributed by atoms with Gasteiger partial charge in [0.1, 0.15) is 5.82 Å². The number of benzene rings is 1. The lowest BCUT2D eigenvalue weighted by molar-refractivity contribution is 0.0162. The minimum Gasteiger partial charge on any atom is -0.493 e. The molecule has 1 aliphatic rings. The van der Waals surface area contributed by atoms with Gasteiger partial charge in [0.05, 0.1) is 20.3 Å². The van der Waals surface area contributed by atoms with Crippen LogP contribution in [-0.4, -0.2) is 51.7 Å². The summed E-state index contributed by atoms with van der Waals surface area (Å²) < 4.78 is 51.2. The van der Waals surface area contributed by atoms with Gasteiger partial charge < -0.3 is 14.8 Å². The lowest BCUT2D eigenvalue weighted by Crippen LogP contribution is -2.47. The smallest absolute Gasteiger partial charge is 0.258 e. The highest BCUT2D eigenvalue weighted by molar-refractivity contribution is 5.85. The molecule has 1 atom stereocenters. The van der Waals surface area contributed by atoms with Crippen LogP contribution in [0, 0.1) is 5.82 Å². The summed E-state index contributed by atoms with van der Waals surface area (Å²) >= 11 is 0. The van der Waals surface area contributed by atoms with Crippen LogP contribution in [0.5, 0.6) is 11.5 Å². The van der Waals surface area contributed by atoms with Crippen molar-refractivity contribution in [1.82, 2.24) is 10.2 Å². The van der Waals surface area contributed by atoms with Crippen molar-refractivity contribution in [2.75, 3.05) is 40.4 Å². The van der Waals surface area contributed by atoms with Crippen LogP contribution in [0.1, 0.15) is 11.6 Å². The molecule has 1 aliphatic heterocycles. The van der Waals surface area contributed by atoms with Crippen molar-refractivity contribution in [2.24, 2.45) is 0 Å². The first-order valence-corrected chi connectivity index (χ1v) is 6.72. The molecule has 1 aromatic rings. The number of hydrogen-bond acceptors (Lipinski definition) is 4. The molecular weight excluding hydrogens is 356 g/mol. The number of nitrogens with one attached hydrogen (secondary N) is 1. The van der Waals surface area contributed by atoms with Gasteiger partial charge in [-0.2, -0.15) is 0 Å². The summed E-state index contributed by atoms with van der Waals surface area (Å²) in [5.41, 5.74) is -0.0652. The Morgan fingerprint density at radius 3 is 2.04 bits per heavy atom. The molecule has 1 N–H and O–H groups in total. The third-order valence-corrected chi connectivity index (χ3v) is 3.61. The van der Waals surface area contributed by atoms with E-state index in [1.807, 2.05) is 0 Å². The number of nitrogens with zero attached hydrogens (tertiary/aromatic N) is 1. The van der Waals surface area contributed by atoms with Crippen LogP contribution in [0.3, 0.4) is 0 Å². The first-order chi connectivity index (χ1) is 10.1.